The Kier molecular flexibility index (Phi) is 2.33. The van der Waals surface area contributed by atoms with Gasteiger partial charge in [0.2, 0.25) is 11.7 Å². The minimum absolute atomic E-state index is 0.397. The van der Waals surface area contributed by atoms with Gasteiger partial charge in [-0.05, 0) is 0 Å². The van der Waals surface area contributed by atoms with Gasteiger partial charge in [0.1, 0.15) is 12.2 Å². The third kappa shape index (κ3) is 2.02. The zero-order valence-electron chi connectivity index (χ0n) is 8.65. The summed E-state index contributed by atoms with van der Waals surface area (Å²) in [6, 6.07) is 0. The molecule has 2 N–H and O–H groups in total. The molecule has 0 atom stereocenters. The van der Waals surface area contributed by atoms with Crippen molar-refractivity contribution in [3.8, 4) is 11.5 Å². The standard InChI is InChI=1S/C9H8N6OS/c10-6-1-12-15(2-6)3-8-13-9(14-16-8)7-4-17-5-11-7/h1-2,4-5H,3,10H2. The summed E-state index contributed by atoms with van der Waals surface area (Å²) in [4.78, 5) is 8.32. The highest BCUT2D eigenvalue weighted by Gasteiger charge is 2.10. The topological polar surface area (TPSA) is 95.7 Å². The number of hydrogen-bond acceptors (Lipinski definition) is 7. The molecule has 3 rings (SSSR count). The summed E-state index contributed by atoms with van der Waals surface area (Å²) in [5.74, 6) is 0.956. The predicted molar refractivity (Wildman–Crippen MR) is 61.1 cm³/mol. The summed E-state index contributed by atoms with van der Waals surface area (Å²) < 4.78 is 6.74. The molecule has 0 aliphatic rings. The van der Waals surface area contributed by atoms with Crippen LogP contribution in [-0.2, 0) is 6.54 Å². The van der Waals surface area contributed by atoms with Gasteiger partial charge in [-0.3, -0.25) is 4.68 Å². The van der Waals surface area contributed by atoms with Gasteiger partial charge in [-0.25, -0.2) is 4.98 Å². The van der Waals surface area contributed by atoms with Crippen molar-refractivity contribution in [2.45, 2.75) is 6.54 Å². The number of nitrogens with zero attached hydrogens (tertiary/aromatic N) is 5. The number of rotatable bonds is 3. The molecule has 0 aliphatic carbocycles. The molecule has 0 amide bonds. The highest BCUT2D eigenvalue weighted by Crippen LogP contribution is 2.15. The van der Waals surface area contributed by atoms with E-state index in [0.29, 0.717) is 29.6 Å². The van der Waals surface area contributed by atoms with Crippen molar-refractivity contribution in [1.82, 2.24) is 24.9 Å². The highest BCUT2D eigenvalue weighted by atomic mass is 32.1. The van der Waals surface area contributed by atoms with Crippen LogP contribution in [0.25, 0.3) is 11.5 Å². The summed E-state index contributed by atoms with van der Waals surface area (Å²) in [5, 5.41) is 9.74. The molecular formula is C9H8N6OS. The van der Waals surface area contributed by atoms with E-state index in [-0.39, 0.29) is 0 Å². The van der Waals surface area contributed by atoms with Crippen molar-refractivity contribution < 1.29 is 4.52 Å². The lowest BCUT2D eigenvalue weighted by Gasteiger charge is -1.93. The van der Waals surface area contributed by atoms with Gasteiger partial charge < -0.3 is 10.3 Å². The molecule has 17 heavy (non-hydrogen) atoms. The Bertz CT molecular complexity index is 613. The van der Waals surface area contributed by atoms with Gasteiger partial charge in [-0.15, -0.1) is 11.3 Å². The summed E-state index contributed by atoms with van der Waals surface area (Å²) >= 11 is 1.48. The molecule has 0 aliphatic heterocycles. The Balaban J connectivity index is 1.81. The molecule has 0 spiro atoms. The Labute approximate surface area is 99.9 Å². The Hall–Kier alpha value is -2.22. The summed E-state index contributed by atoms with van der Waals surface area (Å²) in [5.41, 5.74) is 8.59. The van der Waals surface area contributed by atoms with Crippen molar-refractivity contribution in [2.75, 3.05) is 5.73 Å². The number of hydrogen-bond donors (Lipinski definition) is 1. The van der Waals surface area contributed by atoms with Crippen LogP contribution in [-0.4, -0.2) is 24.9 Å². The van der Waals surface area contributed by atoms with E-state index in [9.17, 15) is 0 Å². The van der Waals surface area contributed by atoms with E-state index in [2.05, 4.69) is 20.2 Å². The van der Waals surface area contributed by atoms with Crippen LogP contribution in [0.3, 0.4) is 0 Å². The minimum Gasteiger partial charge on any atom is -0.396 e. The fourth-order valence-electron chi connectivity index (χ4n) is 1.35. The summed E-state index contributed by atoms with van der Waals surface area (Å²) in [6.45, 7) is 0.397. The molecule has 86 valence electrons. The van der Waals surface area contributed by atoms with E-state index in [4.69, 9.17) is 10.3 Å². The van der Waals surface area contributed by atoms with E-state index < -0.39 is 0 Å². The van der Waals surface area contributed by atoms with Crippen LogP contribution in [0.2, 0.25) is 0 Å². The molecule has 3 aromatic heterocycles. The monoisotopic (exact) mass is 248 g/mol. The molecule has 7 nitrogen and oxygen atoms in total. The van der Waals surface area contributed by atoms with Crippen molar-refractivity contribution >= 4 is 17.0 Å². The maximum atomic E-state index is 5.56. The van der Waals surface area contributed by atoms with Gasteiger partial charge in [0.25, 0.3) is 0 Å². The van der Waals surface area contributed by atoms with E-state index in [0.717, 1.165) is 0 Å². The van der Waals surface area contributed by atoms with Crippen molar-refractivity contribution in [2.24, 2.45) is 0 Å². The molecule has 3 heterocycles. The molecule has 0 saturated heterocycles. The van der Waals surface area contributed by atoms with E-state index in [1.807, 2.05) is 5.38 Å². The fraction of sp³-hybridized carbons (Fsp3) is 0.111. The third-order valence-electron chi connectivity index (χ3n) is 2.08. The number of nitrogens with two attached hydrogens (primary N) is 1. The number of anilines is 1. The van der Waals surface area contributed by atoms with Crippen LogP contribution < -0.4 is 5.73 Å². The maximum Gasteiger partial charge on any atom is 0.248 e. The molecule has 0 fully saturated rings. The van der Waals surface area contributed by atoms with Gasteiger partial charge in [-0.1, -0.05) is 5.16 Å². The molecule has 8 heteroatoms. The molecule has 0 unspecified atom stereocenters. The van der Waals surface area contributed by atoms with Gasteiger partial charge >= 0.3 is 0 Å². The smallest absolute Gasteiger partial charge is 0.248 e. The molecule has 0 aromatic carbocycles. The molecule has 0 saturated carbocycles. The van der Waals surface area contributed by atoms with Gasteiger partial charge in [0.15, 0.2) is 0 Å². The first-order valence-corrected chi connectivity index (χ1v) is 5.74. The number of nitrogen functional groups attached to an aromatic ring is 1. The second-order valence-electron chi connectivity index (χ2n) is 3.36. The second kappa shape index (κ2) is 3.98. The van der Waals surface area contributed by atoms with Crippen LogP contribution >= 0.6 is 11.3 Å². The Morgan fingerprint density at radius 2 is 2.41 bits per heavy atom. The lowest BCUT2D eigenvalue weighted by atomic mass is 10.5. The van der Waals surface area contributed by atoms with Crippen LogP contribution in [0.15, 0.2) is 27.8 Å². The maximum absolute atomic E-state index is 5.56. The van der Waals surface area contributed by atoms with Crippen molar-refractivity contribution in [3.63, 3.8) is 0 Å². The number of thiazole rings is 1. The fourth-order valence-corrected chi connectivity index (χ4v) is 1.88. The number of aromatic nitrogens is 5. The quantitative estimate of drug-likeness (QED) is 0.743. The van der Waals surface area contributed by atoms with Crippen LogP contribution in [0.5, 0.6) is 0 Å². The molecule has 3 aromatic rings. The highest BCUT2D eigenvalue weighted by molar-refractivity contribution is 7.07. The van der Waals surface area contributed by atoms with E-state index in [1.54, 1.807) is 22.6 Å². The summed E-state index contributed by atoms with van der Waals surface area (Å²) in [7, 11) is 0. The molecule has 0 radical (unpaired) electrons. The molecular weight excluding hydrogens is 240 g/mol. The minimum atomic E-state index is 0.397. The SMILES string of the molecule is Nc1cnn(Cc2nc(-c3cscn3)no2)c1. The Morgan fingerprint density at radius 3 is 3.12 bits per heavy atom. The predicted octanol–water partition coefficient (Wildman–Crippen LogP) is 1.02. The van der Waals surface area contributed by atoms with E-state index in [1.165, 1.54) is 11.3 Å². The first-order chi connectivity index (χ1) is 8.31. The largest absolute Gasteiger partial charge is 0.396 e. The lowest BCUT2D eigenvalue weighted by molar-refractivity contribution is 0.366. The van der Waals surface area contributed by atoms with Gasteiger partial charge in [0, 0.05) is 11.6 Å². The zero-order chi connectivity index (χ0) is 11.7. The third-order valence-corrected chi connectivity index (χ3v) is 2.67. The average Bonchev–Trinajstić information content (AvgIpc) is 3.00. The molecule has 0 bridgehead atoms. The van der Waals surface area contributed by atoms with Crippen molar-refractivity contribution in [1.29, 1.82) is 0 Å². The Morgan fingerprint density at radius 1 is 1.47 bits per heavy atom. The summed E-state index contributed by atoms with van der Waals surface area (Å²) in [6.07, 6.45) is 3.27. The van der Waals surface area contributed by atoms with Crippen molar-refractivity contribution in [3.05, 3.63) is 29.2 Å². The normalized spacial score (nSPS) is 10.8. The zero-order valence-corrected chi connectivity index (χ0v) is 9.46. The van der Waals surface area contributed by atoms with Gasteiger partial charge in [-0.2, -0.15) is 10.1 Å². The average molecular weight is 248 g/mol. The first-order valence-electron chi connectivity index (χ1n) is 4.80. The van der Waals surface area contributed by atoms with E-state index >= 15 is 0 Å². The van der Waals surface area contributed by atoms with Gasteiger partial charge in [0.05, 0.1) is 17.4 Å². The first kappa shape index (κ1) is 9.97. The lowest BCUT2D eigenvalue weighted by Crippen LogP contribution is -2.00. The van der Waals surface area contributed by atoms with Crippen LogP contribution in [0, 0.1) is 0 Å². The van der Waals surface area contributed by atoms with Crippen LogP contribution in [0.1, 0.15) is 5.89 Å². The van der Waals surface area contributed by atoms with Crippen LogP contribution in [0.4, 0.5) is 5.69 Å². The second-order valence-corrected chi connectivity index (χ2v) is 4.08.